The van der Waals surface area contributed by atoms with Crippen LogP contribution < -0.4 is 0 Å². The molecule has 21 heavy (non-hydrogen) atoms. The Morgan fingerprint density at radius 1 is 1.43 bits per heavy atom. The van der Waals surface area contributed by atoms with Gasteiger partial charge < -0.3 is 4.90 Å². The number of hydrogen-bond acceptors (Lipinski definition) is 2. The molecule has 3 nitrogen and oxygen atoms in total. The lowest BCUT2D eigenvalue weighted by atomic mass is 9.98. The van der Waals surface area contributed by atoms with Gasteiger partial charge in [-0.2, -0.15) is 0 Å². The molecule has 1 aliphatic rings. The Kier molecular flexibility index (Phi) is 5.34. The summed E-state index contributed by atoms with van der Waals surface area (Å²) in [6.45, 7) is 6.46. The Morgan fingerprint density at radius 2 is 2.10 bits per heavy atom. The highest BCUT2D eigenvalue weighted by Crippen LogP contribution is 2.18. The molecule has 4 heteroatoms. The van der Waals surface area contributed by atoms with E-state index < -0.39 is 0 Å². The van der Waals surface area contributed by atoms with Crippen LogP contribution in [-0.2, 0) is 11.3 Å². The van der Waals surface area contributed by atoms with Crippen molar-refractivity contribution >= 4 is 5.91 Å². The molecule has 0 radical (unpaired) electrons. The molecule has 1 aromatic carbocycles. The van der Waals surface area contributed by atoms with Crippen LogP contribution in [0.4, 0.5) is 4.39 Å². The molecule has 1 fully saturated rings. The predicted molar refractivity (Wildman–Crippen MR) is 82.3 cm³/mol. The first-order valence-corrected chi connectivity index (χ1v) is 7.71. The van der Waals surface area contributed by atoms with Crippen LogP contribution in [0, 0.1) is 11.7 Å². The van der Waals surface area contributed by atoms with Gasteiger partial charge in [0.2, 0.25) is 5.91 Å². The molecule has 0 aliphatic carbocycles. The fourth-order valence-corrected chi connectivity index (χ4v) is 2.74. The van der Waals surface area contributed by atoms with Crippen LogP contribution in [0.25, 0.3) is 0 Å². The van der Waals surface area contributed by atoms with Gasteiger partial charge in [0.05, 0.1) is 6.04 Å². The molecule has 1 atom stereocenters. The third-order valence-electron chi connectivity index (χ3n) is 4.43. The zero-order valence-corrected chi connectivity index (χ0v) is 13.2. The smallest absolute Gasteiger partial charge is 0.239 e. The minimum Gasteiger partial charge on any atom is -0.341 e. The average molecular weight is 292 g/mol. The Balaban J connectivity index is 1.92. The van der Waals surface area contributed by atoms with Gasteiger partial charge in [-0.3, -0.25) is 9.69 Å². The maximum absolute atomic E-state index is 13.2. The van der Waals surface area contributed by atoms with Crippen LogP contribution in [0.1, 0.15) is 32.3 Å². The van der Waals surface area contributed by atoms with Crippen LogP contribution in [0.5, 0.6) is 0 Å². The maximum Gasteiger partial charge on any atom is 0.239 e. The summed E-state index contributed by atoms with van der Waals surface area (Å²) in [5.41, 5.74) is 0.893. The Labute approximate surface area is 126 Å². The number of nitrogens with zero attached hydrogens (tertiary/aromatic N) is 2. The normalized spacial score (nSPS) is 18.0. The molecule has 0 spiro atoms. The summed E-state index contributed by atoms with van der Waals surface area (Å²) in [6, 6.07) is 6.38. The summed E-state index contributed by atoms with van der Waals surface area (Å²) >= 11 is 0. The molecule has 1 heterocycles. The van der Waals surface area contributed by atoms with Gasteiger partial charge in [0.25, 0.3) is 0 Å². The molecule has 1 saturated heterocycles. The second kappa shape index (κ2) is 7.03. The number of rotatable bonds is 4. The van der Waals surface area contributed by atoms with Gasteiger partial charge in [-0.05, 0) is 50.4 Å². The van der Waals surface area contributed by atoms with Crippen molar-refractivity contribution in [2.24, 2.45) is 5.92 Å². The molecule has 1 aromatic rings. The van der Waals surface area contributed by atoms with Crippen LogP contribution in [0.2, 0.25) is 0 Å². The summed E-state index contributed by atoms with van der Waals surface area (Å²) in [5, 5.41) is 0. The SMILES string of the molecule is CC1CCN(C(=O)[C@@H](C)N(C)Cc2cccc(F)c2)CC1. The maximum atomic E-state index is 13.2. The van der Waals surface area contributed by atoms with E-state index in [9.17, 15) is 9.18 Å². The zero-order valence-electron chi connectivity index (χ0n) is 13.2. The van der Waals surface area contributed by atoms with Gasteiger partial charge in [-0.25, -0.2) is 4.39 Å². The first kappa shape index (κ1) is 16.0. The Morgan fingerprint density at radius 3 is 2.71 bits per heavy atom. The van der Waals surface area contributed by atoms with Crippen molar-refractivity contribution in [1.82, 2.24) is 9.80 Å². The van der Waals surface area contributed by atoms with E-state index in [0.717, 1.165) is 37.4 Å². The minimum atomic E-state index is -0.232. The van der Waals surface area contributed by atoms with Crippen LogP contribution in [0.15, 0.2) is 24.3 Å². The summed E-state index contributed by atoms with van der Waals surface area (Å²) in [5.74, 6) is 0.667. The predicted octanol–water partition coefficient (Wildman–Crippen LogP) is 2.90. The average Bonchev–Trinajstić information content (AvgIpc) is 2.46. The van der Waals surface area contributed by atoms with E-state index in [4.69, 9.17) is 0 Å². The van der Waals surface area contributed by atoms with Gasteiger partial charge in [-0.1, -0.05) is 19.1 Å². The molecule has 0 saturated carbocycles. The molecule has 0 unspecified atom stereocenters. The van der Waals surface area contributed by atoms with Crippen molar-refractivity contribution in [1.29, 1.82) is 0 Å². The van der Waals surface area contributed by atoms with Crippen molar-refractivity contribution in [3.05, 3.63) is 35.6 Å². The number of likely N-dealkylation sites (tertiary alicyclic amines) is 1. The number of amides is 1. The largest absolute Gasteiger partial charge is 0.341 e. The van der Waals surface area contributed by atoms with Crippen molar-refractivity contribution < 1.29 is 9.18 Å². The van der Waals surface area contributed by atoms with Gasteiger partial charge in [0.15, 0.2) is 0 Å². The lowest BCUT2D eigenvalue weighted by molar-refractivity contribution is -0.137. The highest BCUT2D eigenvalue weighted by atomic mass is 19.1. The van der Waals surface area contributed by atoms with Gasteiger partial charge >= 0.3 is 0 Å². The van der Waals surface area contributed by atoms with Crippen LogP contribution in [0.3, 0.4) is 0 Å². The summed E-state index contributed by atoms with van der Waals surface area (Å²) < 4.78 is 13.2. The highest BCUT2D eigenvalue weighted by molar-refractivity contribution is 5.81. The number of carbonyl (C=O) groups excluding carboxylic acids is 1. The third kappa shape index (κ3) is 4.27. The number of piperidine rings is 1. The number of hydrogen-bond donors (Lipinski definition) is 0. The monoisotopic (exact) mass is 292 g/mol. The first-order valence-electron chi connectivity index (χ1n) is 7.71. The fraction of sp³-hybridized carbons (Fsp3) is 0.588. The van der Waals surface area contributed by atoms with Gasteiger partial charge in [0, 0.05) is 19.6 Å². The summed E-state index contributed by atoms with van der Waals surface area (Å²) in [7, 11) is 1.92. The van der Waals surface area contributed by atoms with E-state index in [1.54, 1.807) is 6.07 Å². The van der Waals surface area contributed by atoms with Gasteiger partial charge in [0.1, 0.15) is 5.82 Å². The van der Waals surface area contributed by atoms with E-state index in [1.165, 1.54) is 12.1 Å². The zero-order chi connectivity index (χ0) is 15.4. The topological polar surface area (TPSA) is 23.6 Å². The second-order valence-corrected chi connectivity index (χ2v) is 6.23. The molecule has 0 bridgehead atoms. The lowest BCUT2D eigenvalue weighted by Gasteiger charge is -2.34. The standard InChI is InChI=1S/C17H25FN2O/c1-13-7-9-20(10-8-13)17(21)14(2)19(3)12-15-5-4-6-16(18)11-15/h4-6,11,13-14H,7-10,12H2,1-3H3/t14-/m1/s1. The van der Waals surface area contributed by atoms with Gasteiger partial charge in [-0.15, -0.1) is 0 Å². The quantitative estimate of drug-likeness (QED) is 0.852. The first-order chi connectivity index (χ1) is 9.97. The molecule has 0 N–H and O–H groups in total. The van der Waals surface area contributed by atoms with Crippen molar-refractivity contribution in [2.45, 2.75) is 39.3 Å². The molecule has 1 aliphatic heterocycles. The lowest BCUT2D eigenvalue weighted by Crippen LogP contribution is -2.48. The van der Waals surface area contributed by atoms with Crippen molar-refractivity contribution in [2.75, 3.05) is 20.1 Å². The summed E-state index contributed by atoms with van der Waals surface area (Å²) in [6.07, 6.45) is 2.18. The van der Waals surface area contributed by atoms with E-state index in [-0.39, 0.29) is 17.8 Å². The van der Waals surface area contributed by atoms with E-state index in [2.05, 4.69) is 6.92 Å². The highest BCUT2D eigenvalue weighted by Gasteiger charge is 2.26. The Bertz CT molecular complexity index is 483. The van der Waals surface area contributed by atoms with Crippen molar-refractivity contribution in [3.63, 3.8) is 0 Å². The molecule has 2 rings (SSSR count). The molecular weight excluding hydrogens is 267 g/mol. The number of benzene rings is 1. The number of carbonyl (C=O) groups is 1. The Hall–Kier alpha value is -1.42. The van der Waals surface area contributed by atoms with Crippen LogP contribution in [-0.4, -0.2) is 41.9 Å². The van der Waals surface area contributed by atoms with E-state index in [0.29, 0.717) is 6.54 Å². The number of likely N-dealkylation sites (N-methyl/N-ethyl adjacent to an activating group) is 1. The minimum absolute atomic E-state index is 0.179. The van der Waals surface area contributed by atoms with Crippen molar-refractivity contribution in [3.8, 4) is 0 Å². The molecule has 1 amide bonds. The van der Waals surface area contributed by atoms with Crippen LogP contribution >= 0.6 is 0 Å². The molecule has 116 valence electrons. The second-order valence-electron chi connectivity index (χ2n) is 6.23. The summed E-state index contributed by atoms with van der Waals surface area (Å²) in [4.78, 5) is 16.5. The molecule has 0 aromatic heterocycles. The van der Waals surface area contributed by atoms with E-state index in [1.807, 2.05) is 29.8 Å². The van der Waals surface area contributed by atoms with E-state index >= 15 is 0 Å². The number of halogens is 1. The third-order valence-corrected chi connectivity index (χ3v) is 4.43. The molecular formula is C17H25FN2O. The fourth-order valence-electron chi connectivity index (χ4n) is 2.74.